The van der Waals surface area contributed by atoms with Crippen LogP contribution in [-0.4, -0.2) is 215 Å². The number of carbonyl (C=O) groups excluding carboxylic acids is 3. The number of carbonyl (C=O) groups is 4. The molecule has 4 heterocycles. The van der Waals surface area contributed by atoms with Crippen molar-refractivity contribution in [1.82, 2.24) is 0 Å². The summed E-state index contributed by atoms with van der Waals surface area (Å²) in [5.74, 6) is -7.86. The number of hydrogen-bond donors (Lipinski definition) is 13. The summed E-state index contributed by atoms with van der Waals surface area (Å²) in [4.78, 5) is 49.6. The smallest absolute Gasteiger partial charge is 0.331 e. The van der Waals surface area contributed by atoms with Crippen LogP contribution in [0.15, 0.2) is 84.6 Å². The van der Waals surface area contributed by atoms with E-state index in [1.165, 1.54) is 74.9 Å². The molecule has 452 valence electrons. The van der Waals surface area contributed by atoms with Crippen molar-refractivity contribution in [1.29, 1.82) is 0 Å². The molecule has 0 aliphatic carbocycles. The number of aliphatic hydroxyl groups excluding tert-OH is 7. The predicted molar refractivity (Wildman–Crippen MR) is 277 cm³/mol. The van der Waals surface area contributed by atoms with Gasteiger partial charge in [0.1, 0.15) is 97.4 Å². The zero-order valence-corrected chi connectivity index (χ0v) is 44.1. The first-order valence-corrected chi connectivity index (χ1v) is 25.4. The summed E-state index contributed by atoms with van der Waals surface area (Å²) in [5.41, 5.74) is 0.701. The highest BCUT2D eigenvalue weighted by molar-refractivity contribution is 5.90. The third-order valence-electron chi connectivity index (χ3n) is 13.3. The van der Waals surface area contributed by atoms with Gasteiger partial charge in [0.2, 0.25) is 18.3 Å². The molecule has 4 aromatic rings. The fraction of sp³-hybridized carbons (Fsp3) is 0.382. The van der Waals surface area contributed by atoms with Gasteiger partial charge < -0.3 is 123 Å². The van der Waals surface area contributed by atoms with E-state index in [2.05, 4.69) is 0 Å². The monoisotopic (exact) mass is 1180 g/mol. The summed E-state index contributed by atoms with van der Waals surface area (Å²) in [6.45, 7) is -2.28. The largest absolute Gasteiger partial charge is 0.571 e. The minimum Gasteiger partial charge on any atom is -0.571 e. The van der Waals surface area contributed by atoms with Crippen LogP contribution in [0.1, 0.15) is 34.8 Å². The Kier molecular flexibility index (Phi) is 19.7. The van der Waals surface area contributed by atoms with Crippen molar-refractivity contribution in [2.75, 3.05) is 34.0 Å². The van der Waals surface area contributed by atoms with Crippen molar-refractivity contribution in [3.05, 3.63) is 107 Å². The summed E-state index contributed by atoms with van der Waals surface area (Å²) < 4.78 is 67.2. The number of aliphatic hydroxyl groups is 8. The van der Waals surface area contributed by atoms with Gasteiger partial charge in [-0.2, -0.15) is 0 Å². The van der Waals surface area contributed by atoms with Gasteiger partial charge in [-0.25, -0.2) is 9.59 Å². The van der Waals surface area contributed by atoms with Crippen LogP contribution in [0.3, 0.4) is 0 Å². The Hall–Kier alpha value is -8.46. The first-order valence-electron chi connectivity index (χ1n) is 25.4. The molecule has 84 heavy (non-hydrogen) atoms. The zero-order valence-electron chi connectivity index (χ0n) is 44.1. The van der Waals surface area contributed by atoms with Gasteiger partial charge in [-0.3, -0.25) is 9.59 Å². The molecule has 14 N–H and O–H groups in total. The second-order valence-corrected chi connectivity index (χ2v) is 19.2. The van der Waals surface area contributed by atoms with E-state index in [4.69, 9.17) is 61.9 Å². The lowest BCUT2D eigenvalue weighted by Crippen LogP contribution is -2.63. The molecule has 0 spiro atoms. The number of carboxylic acid groups (broad SMARTS) is 1. The summed E-state index contributed by atoms with van der Waals surface area (Å²) in [5, 5.41) is 139. The van der Waals surface area contributed by atoms with E-state index in [0.29, 0.717) is 5.56 Å². The fourth-order valence-corrected chi connectivity index (χ4v) is 8.94. The van der Waals surface area contributed by atoms with Gasteiger partial charge in [0, 0.05) is 24.3 Å². The highest BCUT2D eigenvalue weighted by atomic mass is 16.8. The lowest BCUT2D eigenvalue weighted by molar-refractivity contribution is -0.353. The summed E-state index contributed by atoms with van der Waals surface area (Å²) >= 11 is 0. The second-order valence-electron chi connectivity index (χ2n) is 19.2. The van der Waals surface area contributed by atoms with Crippen LogP contribution in [0.2, 0.25) is 0 Å². The van der Waals surface area contributed by atoms with E-state index in [1.807, 2.05) is 0 Å². The van der Waals surface area contributed by atoms with E-state index in [-0.39, 0.29) is 56.9 Å². The zero-order chi connectivity index (χ0) is 60.7. The minimum absolute atomic E-state index is 0.0162. The number of esters is 3. The highest BCUT2D eigenvalue weighted by Gasteiger charge is 2.53. The molecule has 4 aromatic carbocycles. The van der Waals surface area contributed by atoms with Crippen molar-refractivity contribution in [3.63, 3.8) is 0 Å². The number of phenols is 5. The van der Waals surface area contributed by atoms with E-state index in [9.17, 15) is 80.5 Å². The van der Waals surface area contributed by atoms with Crippen LogP contribution in [0.25, 0.3) is 18.2 Å². The topological polar surface area (TPSA) is 446 Å². The highest BCUT2D eigenvalue weighted by Crippen LogP contribution is 2.48. The maximum atomic E-state index is 13.5. The van der Waals surface area contributed by atoms with Gasteiger partial charge in [0.25, 0.3) is 11.9 Å². The lowest BCUT2D eigenvalue weighted by Gasteiger charge is -2.45. The predicted octanol–water partition coefficient (Wildman–Crippen LogP) is -0.418. The molecule has 29 heteroatoms. The van der Waals surface area contributed by atoms with Crippen molar-refractivity contribution in [3.8, 4) is 51.7 Å². The number of carboxylic acids is 1. The van der Waals surface area contributed by atoms with Crippen LogP contribution in [0.5, 0.6) is 51.7 Å². The van der Waals surface area contributed by atoms with E-state index in [1.54, 1.807) is 0 Å². The summed E-state index contributed by atoms with van der Waals surface area (Å²) in [6, 6.07) is 14.1. The molecular weight excluding hydrogens is 1120 g/mol. The van der Waals surface area contributed by atoms with Crippen molar-refractivity contribution < 1.29 is 142 Å². The number of methoxy groups -OCH3 is 2. The average Bonchev–Trinajstić information content (AvgIpc) is 3.53. The first kappa shape index (κ1) is 61.6. The van der Waals surface area contributed by atoms with Gasteiger partial charge in [-0.15, -0.1) is 0 Å². The number of aliphatic carboxylic acids is 1. The molecule has 29 nitrogen and oxygen atoms in total. The van der Waals surface area contributed by atoms with Crippen LogP contribution in [0, 0.1) is 0 Å². The molecule has 4 aliphatic heterocycles. The maximum absolute atomic E-state index is 13.5. The van der Waals surface area contributed by atoms with Gasteiger partial charge >= 0.3 is 23.9 Å². The number of ether oxygens (including phenoxy) is 12. The average molecular weight is 1180 g/mol. The van der Waals surface area contributed by atoms with Crippen molar-refractivity contribution in [2.24, 2.45) is 0 Å². The number of fused-ring (bicyclic) bond motifs is 1. The molecule has 0 bridgehead atoms. The Morgan fingerprint density at radius 3 is 1.93 bits per heavy atom. The molecule has 3 fully saturated rings. The normalized spacial score (nSPS) is 28.5. The molecule has 8 rings (SSSR count). The molecule has 1 unspecified atom stereocenters. The summed E-state index contributed by atoms with van der Waals surface area (Å²) in [6.07, 6.45) is -23.8. The molecule has 0 radical (unpaired) electrons. The molecule has 0 saturated carbocycles. The number of phenolic OH excluding ortho intramolecular Hbond substituents is 5. The number of aromatic hydroxyl groups is 6. The molecule has 0 aromatic heterocycles. The van der Waals surface area contributed by atoms with E-state index < -0.39 is 159 Å². The van der Waals surface area contributed by atoms with Crippen LogP contribution < -0.4 is 14.2 Å². The Morgan fingerprint density at radius 2 is 1.26 bits per heavy atom. The van der Waals surface area contributed by atoms with Crippen LogP contribution in [0.4, 0.5) is 0 Å². The Bertz CT molecular complexity index is 3080. The Morgan fingerprint density at radius 1 is 0.619 bits per heavy atom. The van der Waals surface area contributed by atoms with E-state index >= 15 is 0 Å². The maximum Gasteiger partial charge on any atom is 0.331 e. The molecule has 4 aliphatic rings. The van der Waals surface area contributed by atoms with Crippen LogP contribution >= 0.6 is 0 Å². The molecule has 15 atom stereocenters. The molecular formula is C55H59O29+. The van der Waals surface area contributed by atoms with Gasteiger partial charge in [-0.05, 0) is 65.7 Å². The number of rotatable bonds is 20. The fourth-order valence-electron chi connectivity index (χ4n) is 8.94. The minimum atomic E-state index is -2.15. The third-order valence-corrected chi connectivity index (χ3v) is 13.3. The standard InChI is InChI=1S/C55H58O29/c1-73-34-13-24(14-35(74-2)44(34)67)6-12-41(64)83-51-43(66)31(60)20-77-54(51)84-52-48(71)46(69)38(21-75-40(63)11-5-23-3-8-26(56)9-4-23)82-55(52)80-36-18-28-32(78-50(36)25-7-10-29(58)30(59)15-25)16-27(57)17-33(28)79-53-49(72)47(70)45(68)37(81-53)22-76-42(65)19-39(61)62/h3-18,31,37-38,43,45-60,66-72H,19-22H2,1-2H3,(H,61,62)/p+1/b11-5+,12-6+/t31-,37+,38-,43+,45-,46-,47+,48+,49-,50?,51+,52-,53-,54+,55-/m1/s1. The first-order chi connectivity index (χ1) is 40.0. The van der Waals surface area contributed by atoms with Gasteiger partial charge in [0.15, 0.2) is 47.3 Å². The molecule has 3 saturated heterocycles. The number of hydrogen-bond acceptors (Lipinski definition) is 27. The summed E-state index contributed by atoms with van der Waals surface area (Å²) in [7, 11) is 2.56. The SMILES string of the molecule is COc1cc(/C=C/C(=O)O[C@@H]2[C@H](O[C@H]3[C@H](OC4=Cc5c(O[C@@H]6O[C@@H](COC(=O)CC(=O)O)[C@@H](O)[C@H](O)[C@H]6O)cc(O)cc5[OH+]C4c4ccc(O)c(O)c4)O[C@H](COC(=O)/C=C/c4ccc(O)cc4)[C@@H](O)[C@@H]3O)OC[C@@H](O)[C@@H]2O)cc(OC)c1O. The van der Waals surface area contributed by atoms with Gasteiger partial charge in [0.05, 0.1) is 32.5 Å². The van der Waals surface area contributed by atoms with Crippen molar-refractivity contribution >= 4 is 42.1 Å². The van der Waals surface area contributed by atoms with E-state index in [0.717, 1.165) is 36.4 Å². The quantitative estimate of drug-likeness (QED) is 0.0133. The van der Waals surface area contributed by atoms with Crippen molar-refractivity contribution in [2.45, 2.75) is 98.5 Å². The van der Waals surface area contributed by atoms with Gasteiger partial charge in [-0.1, -0.05) is 12.1 Å². The van der Waals surface area contributed by atoms with Crippen LogP contribution in [-0.2, 0) is 57.1 Å². The number of benzene rings is 4. The third kappa shape index (κ3) is 14.5. The molecule has 0 amide bonds. The Balaban J connectivity index is 1.14. The Labute approximate surface area is 474 Å². The second kappa shape index (κ2) is 26.8. The lowest BCUT2D eigenvalue weighted by atomic mass is 9.97.